The lowest BCUT2D eigenvalue weighted by atomic mass is 10.2. The van der Waals surface area contributed by atoms with Gasteiger partial charge >= 0.3 is 0 Å². The highest BCUT2D eigenvalue weighted by molar-refractivity contribution is 6.19. The van der Waals surface area contributed by atoms with Crippen molar-refractivity contribution in [2.75, 3.05) is 0 Å². The van der Waals surface area contributed by atoms with E-state index in [1.54, 1.807) is 18.5 Å². The molecule has 0 fully saturated rings. The largest absolute Gasteiger partial charge is 0.305 e. The zero-order valence-corrected chi connectivity index (χ0v) is 10.1. The molecule has 0 saturated heterocycles. The van der Waals surface area contributed by atoms with E-state index in [4.69, 9.17) is 0 Å². The van der Waals surface area contributed by atoms with Crippen molar-refractivity contribution >= 4 is 17.8 Å². The molecular weight excluding hydrogens is 238 g/mol. The minimum absolute atomic E-state index is 0.192. The average molecular weight is 249 g/mol. The minimum atomic E-state index is -0.192. The first-order valence-electron chi connectivity index (χ1n) is 5.90. The second kappa shape index (κ2) is 4.86. The summed E-state index contributed by atoms with van der Waals surface area (Å²) in [6.45, 7) is 0. The van der Waals surface area contributed by atoms with Crippen LogP contribution in [0, 0.1) is 0 Å². The van der Waals surface area contributed by atoms with Crippen LogP contribution in [0.15, 0.2) is 65.5 Å². The van der Waals surface area contributed by atoms with Gasteiger partial charge in [-0.15, -0.1) is 0 Å². The molecule has 0 bridgehead atoms. The molecule has 1 aromatic carbocycles. The van der Waals surface area contributed by atoms with Crippen molar-refractivity contribution in [2.45, 2.75) is 0 Å². The monoisotopic (exact) mass is 249 g/mol. The molecule has 92 valence electrons. The number of pyridine rings is 1. The Kier molecular flexibility index (Phi) is 2.90. The van der Waals surface area contributed by atoms with Gasteiger partial charge in [-0.25, -0.2) is 4.99 Å². The Bertz CT molecular complexity index is 660. The number of hydrogen-bond donors (Lipinski definition) is 1. The summed E-state index contributed by atoms with van der Waals surface area (Å²) in [6.07, 6.45) is 5.12. The molecule has 0 atom stereocenters. The summed E-state index contributed by atoms with van der Waals surface area (Å²) in [6, 6.07) is 13.3. The molecule has 3 rings (SSSR count). The molecule has 0 unspecified atom stereocenters. The number of benzene rings is 1. The van der Waals surface area contributed by atoms with E-state index >= 15 is 0 Å². The van der Waals surface area contributed by atoms with Crippen LogP contribution in [0.1, 0.15) is 11.1 Å². The van der Waals surface area contributed by atoms with E-state index < -0.39 is 0 Å². The number of nitrogens with one attached hydrogen (secondary N) is 1. The highest BCUT2D eigenvalue weighted by atomic mass is 16.2. The number of carbonyl (C=O) groups is 1. The standard InChI is InChI=1S/C15H11N3O/c19-15-13(9-11-5-2-1-3-6-11)17-14(18-15)12-7-4-8-16-10-12/h1-10H,(H,17,18,19)/b13-9+. The molecule has 1 amide bonds. The second-order valence-electron chi connectivity index (χ2n) is 4.10. The summed E-state index contributed by atoms with van der Waals surface area (Å²) in [4.78, 5) is 20.2. The molecule has 1 aliphatic rings. The number of amidine groups is 1. The maximum absolute atomic E-state index is 11.8. The quantitative estimate of drug-likeness (QED) is 0.828. The van der Waals surface area contributed by atoms with Crippen molar-refractivity contribution in [3.63, 3.8) is 0 Å². The fraction of sp³-hybridized carbons (Fsp3) is 0. The van der Waals surface area contributed by atoms with Crippen molar-refractivity contribution < 1.29 is 4.79 Å². The van der Waals surface area contributed by atoms with Crippen molar-refractivity contribution in [2.24, 2.45) is 4.99 Å². The average Bonchev–Trinajstić information content (AvgIpc) is 2.82. The summed E-state index contributed by atoms with van der Waals surface area (Å²) in [5, 5.41) is 2.74. The van der Waals surface area contributed by atoms with Gasteiger partial charge in [0, 0.05) is 18.0 Å². The third-order valence-electron chi connectivity index (χ3n) is 2.73. The molecular formula is C15H11N3O. The van der Waals surface area contributed by atoms with Crippen molar-refractivity contribution in [3.8, 4) is 0 Å². The van der Waals surface area contributed by atoms with E-state index in [1.165, 1.54) is 0 Å². The Labute approximate surface area is 110 Å². The minimum Gasteiger partial charge on any atom is -0.305 e. The van der Waals surface area contributed by atoms with Gasteiger partial charge in [-0.05, 0) is 23.8 Å². The Balaban J connectivity index is 1.94. The smallest absolute Gasteiger partial charge is 0.275 e. The summed E-state index contributed by atoms with van der Waals surface area (Å²) in [7, 11) is 0. The van der Waals surface area contributed by atoms with Crippen LogP contribution < -0.4 is 5.32 Å². The Morgan fingerprint density at radius 3 is 2.63 bits per heavy atom. The zero-order chi connectivity index (χ0) is 13.1. The van der Waals surface area contributed by atoms with Crippen LogP contribution in [0.3, 0.4) is 0 Å². The topological polar surface area (TPSA) is 54.4 Å². The second-order valence-corrected chi connectivity index (χ2v) is 4.10. The lowest BCUT2D eigenvalue weighted by Gasteiger charge is -1.97. The first-order chi connectivity index (χ1) is 9.33. The molecule has 1 N–H and O–H groups in total. The van der Waals surface area contributed by atoms with Crippen molar-refractivity contribution in [1.82, 2.24) is 10.3 Å². The molecule has 1 aliphatic heterocycles. The third-order valence-corrected chi connectivity index (χ3v) is 2.73. The molecule has 4 nitrogen and oxygen atoms in total. The molecule has 2 heterocycles. The normalized spacial score (nSPS) is 16.3. The molecule has 1 aromatic heterocycles. The summed E-state index contributed by atoms with van der Waals surface area (Å²) < 4.78 is 0. The molecule has 0 saturated carbocycles. The number of aliphatic imine (C=N–C) groups is 1. The van der Waals surface area contributed by atoms with Gasteiger partial charge in [-0.1, -0.05) is 30.3 Å². The van der Waals surface area contributed by atoms with Gasteiger partial charge in [0.25, 0.3) is 5.91 Å². The van der Waals surface area contributed by atoms with Crippen LogP contribution >= 0.6 is 0 Å². The van der Waals surface area contributed by atoms with Crippen LogP contribution in [-0.2, 0) is 4.79 Å². The Morgan fingerprint density at radius 2 is 1.89 bits per heavy atom. The molecule has 2 aromatic rings. The lowest BCUT2D eigenvalue weighted by molar-refractivity contribution is -0.115. The van der Waals surface area contributed by atoms with Gasteiger partial charge in [0.05, 0.1) is 0 Å². The fourth-order valence-corrected chi connectivity index (χ4v) is 1.82. The number of rotatable bonds is 2. The summed E-state index contributed by atoms with van der Waals surface area (Å²) in [5.74, 6) is 0.350. The Morgan fingerprint density at radius 1 is 1.05 bits per heavy atom. The maximum Gasteiger partial charge on any atom is 0.275 e. The number of nitrogens with zero attached hydrogens (tertiary/aromatic N) is 2. The van der Waals surface area contributed by atoms with Crippen molar-refractivity contribution in [1.29, 1.82) is 0 Å². The number of aromatic nitrogens is 1. The summed E-state index contributed by atoms with van der Waals surface area (Å²) in [5.41, 5.74) is 2.15. The number of carbonyl (C=O) groups excluding carboxylic acids is 1. The Hall–Kier alpha value is -2.75. The van der Waals surface area contributed by atoms with Crippen LogP contribution in [0.4, 0.5) is 0 Å². The SMILES string of the molecule is O=C1NC(c2cccnc2)=N/C1=C/c1ccccc1. The maximum atomic E-state index is 11.8. The molecule has 0 spiro atoms. The van der Waals surface area contributed by atoms with Crippen LogP contribution in [0.2, 0.25) is 0 Å². The van der Waals surface area contributed by atoms with Crippen molar-refractivity contribution in [3.05, 3.63) is 71.7 Å². The van der Waals surface area contributed by atoms with E-state index in [0.29, 0.717) is 11.5 Å². The molecule has 4 heteroatoms. The number of hydrogen-bond acceptors (Lipinski definition) is 3. The van der Waals surface area contributed by atoms with E-state index in [1.807, 2.05) is 42.5 Å². The highest BCUT2D eigenvalue weighted by Crippen LogP contribution is 2.14. The molecule has 19 heavy (non-hydrogen) atoms. The zero-order valence-electron chi connectivity index (χ0n) is 10.1. The third kappa shape index (κ3) is 2.42. The predicted octanol–water partition coefficient (Wildman–Crippen LogP) is 2.00. The van der Waals surface area contributed by atoms with Gasteiger partial charge in [0.1, 0.15) is 11.5 Å². The fourth-order valence-electron chi connectivity index (χ4n) is 1.82. The van der Waals surface area contributed by atoms with E-state index in [2.05, 4.69) is 15.3 Å². The van der Waals surface area contributed by atoms with Gasteiger partial charge in [-0.2, -0.15) is 0 Å². The lowest BCUT2D eigenvalue weighted by Crippen LogP contribution is -2.24. The first-order valence-corrected chi connectivity index (χ1v) is 5.90. The molecule has 0 radical (unpaired) electrons. The van der Waals surface area contributed by atoms with Crippen LogP contribution in [-0.4, -0.2) is 16.7 Å². The summed E-state index contributed by atoms with van der Waals surface area (Å²) >= 11 is 0. The van der Waals surface area contributed by atoms with Gasteiger partial charge in [-0.3, -0.25) is 9.78 Å². The molecule has 0 aliphatic carbocycles. The van der Waals surface area contributed by atoms with E-state index in [-0.39, 0.29) is 5.91 Å². The number of amides is 1. The van der Waals surface area contributed by atoms with E-state index in [0.717, 1.165) is 11.1 Å². The van der Waals surface area contributed by atoms with Crippen LogP contribution in [0.25, 0.3) is 6.08 Å². The van der Waals surface area contributed by atoms with Gasteiger partial charge < -0.3 is 5.32 Å². The van der Waals surface area contributed by atoms with Gasteiger partial charge in [0.2, 0.25) is 0 Å². The van der Waals surface area contributed by atoms with E-state index in [9.17, 15) is 4.79 Å². The van der Waals surface area contributed by atoms with Crippen LogP contribution in [0.5, 0.6) is 0 Å². The predicted molar refractivity (Wildman–Crippen MR) is 73.3 cm³/mol. The van der Waals surface area contributed by atoms with Gasteiger partial charge in [0.15, 0.2) is 0 Å². The first kappa shape index (κ1) is 11.3. The highest BCUT2D eigenvalue weighted by Gasteiger charge is 2.20.